The maximum Gasteiger partial charge on any atom is 0.180 e. The number of nitrogens with one attached hydrogen (secondary N) is 1. The van der Waals surface area contributed by atoms with Crippen LogP contribution in [0.3, 0.4) is 0 Å². The largest absolute Gasteiger partial charge is 0.472 e. The molecule has 1 N–H and O–H groups in total. The molecule has 5 rings (SSSR count). The standard InChI is InChI=1S/C20H19N5O2/c1-3-17(24-8-11-26-12-9-24)4-2-16(1)23-19-20-22-13-18(15-5-10-27-14-15)25(20)7-6-21-19/h1-7,10,13-14H,8-9,11-12H2,(H,21,23). The lowest BCUT2D eigenvalue weighted by Crippen LogP contribution is -2.36. The fourth-order valence-corrected chi connectivity index (χ4v) is 3.35. The molecule has 4 aromatic rings. The zero-order valence-corrected chi connectivity index (χ0v) is 14.7. The smallest absolute Gasteiger partial charge is 0.180 e. The average molecular weight is 361 g/mol. The lowest BCUT2D eigenvalue weighted by atomic mass is 10.2. The molecule has 27 heavy (non-hydrogen) atoms. The third-order valence-corrected chi connectivity index (χ3v) is 4.75. The molecule has 1 saturated heterocycles. The number of benzene rings is 1. The van der Waals surface area contributed by atoms with Crippen LogP contribution in [0.1, 0.15) is 0 Å². The van der Waals surface area contributed by atoms with Crippen molar-refractivity contribution in [2.75, 3.05) is 36.5 Å². The van der Waals surface area contributed by atoms with Crippen molar-refractivity contribution in [3.05, 3.63) is 61.4 Å². The quantitative estimate of drug-likeness (QED) is 0.599. The molecule has 0 spiro atoms. The first kappa shape index (κ1) is 15.9. The number of rotatable bonds is 4. The lowest BCUT2D eigenvalue weighted by Gasteiger charge is -2.28. The van der Waals surface area contributed by atoms with E-state index in [0.717, 1.165) is 48.9 Å². The molecule has 0 saturated carbocycles. The van der Waals surface area contributed by atoms with Crippen LogP contribution in [0.25, 0.3) is 16.9 Å². The van der Waals surface area contributed by atoms with E-state index in [0.29, 0.717) is 5.82 Å². The van der Waals surface area contributed by atoms with Gasteiger partial charge in [0.15, 0.2) is 11.5 Å². The van der Waals surface area contributed by atoms with Gasteiger partial charge in [0.05, 0.1) is 37.6 Å². The highest BCUT2D eigenvalue weighted by Crippen LogP contribution is 2.26. The van der Waals surface area contributed by atoms with Crippen LogP contribution in [0.2, 0.25) is 0 Å². The maximum atomic E-state index is 5.42. The Hall–Kier alpha value is -3.32. The highest BCUT2D eigenvalue weighted by molar-refractivity contribution is 5.74. The normalized spacial score (nSPS) is 14.6. The van der Waals surface area contributed by atoms with Gasteiger partial charge in [0.1, 0.15) is 0 Å². The Morgan fingerprint density at radius 1 is 1.00 bits per heavy atom. The molecule has 1 aromatic carbocycles. The van der Waals surface area contributed by atoms with Gasteiger partial charge >= 0.3 is 0 Å². The first-order valence-electron chi connectivity index (χ1n) is 8.93. The van der Waals surface area contributed by atoms with E-state index in [1.54, 1.807) is 18.7 Å². The third kappa shape index (κ3) is 3.02. The Labute approximate surface area is 156 Å². The summed E-state index contributed by atoms with van der Waals surface area (Å²) < 4.78 is 12.6. The molecule has 4 heterocycles. The van der Waals surface area contributed by atoms with Gasteiger partial charge in [-0.1, -0.05) is 0 Å². The van der Waals surface area contributed by atoms with Crippen LogP contribution in [-0.4, -0.2) is 40.7 Å². The van der Waals surface area contributed by atoms with Gasteiger partial charge in [0.25, 0.3) is 0 Å². The van der Waals surface area contributed by atoms with Crippen molar-refractivity contribution < 1.29 is 9.15 Å². The van der Waals surface area contributed by atoms with Gasteiger partial charge in [-0.15, -0.1) is 0 Å². The predicted octanol–water partition coefficient (Wildman–Crippen LogP) is 3.57. The van der Waals surface area contributed by atoms with E-state index < -0.39 is 0 Å². The Kier molecular flexibility index (Phi) is 3.99. The molecule has 136 valence electrons. The van der Waals surface area contributed by atoms with Crippen LogP contribution in [0.4, 0.5) is 17.2 Å². The molecule has 0 unspecified atom stereocenters. The molecule has 0 radical (unpaired) electrons. The van der Waals surface area contributed by atoms with Gasteiger partial charge in [-0.3, -0.25) is 4.40 Å². The fourth-order valence-electron chi connectivity index (χ4n) is 3.35. The van der Waals surface area contributed by atoms with E-state index in [-0.39, 0.29) is 0 Å². The van der Waals surface area contributed by atoms with Crippen molar-refractivity contribution in [3.63, 3.8) is 0 Å². The number of fused-ring (bicyclic) bond motifs is 1. The Morgan fingerprint density at radius 2 is 1.85 bits per heavy atom. The molecule has 0 amide bonds. The second kappa shape index (κ2) is 6.77. The minimum absolute atomic E-state index is 0.714. The fraction of sp³-hybridized carbons (Fsp3) is 0.200. The molecular formula is C20H19N5O2. The predicted molar refractivity (Wildman–Crippen MR) is 103 cm³/mol. The van der Waals surface area contributed by atoms with E-state index in [1.807, 2.05) is 22.9 Å². The van der Waals surface area contributed by atoms with Crippen LogP contribution in [0, 0.1) is 0 Å². The molecule has 7 nitrogen and oxygen atoms in total. The van der Waals surface area contributed by atoms with Crippen LogP contribution in [0.5, 0.6) is 0 Å². The van der Waals surface area contributed by atoms with Crippen molar-refractivity contribution in [2.45, 2.75) is 0 Å². The molecular weight excluding hydrogens is 342 g/mol. The maximum absolute atomic E-state index is 5.42. The summed E-state index contributed by atoms with van der Waals surface area (Å²) in [4.78, 5) is 11.3. The van der Waals surface area contributed by atoms with Crippen LogP contribution >= 0.6 is 0 Å². The van der Waals surface area contributed by atoms with E-state index in [2.05, 4.69) is 44.5 Å². The number of nitrogens with zero attached hydrogens (tertiary/aromatic N) is 4. The summed E-state index contributed by atoms with van der Waals surface area (Å²) in [5, 5.41) is 3.37. The van der Waals surface area contributed by atoms with Crippen molar-refractivity contribution >= 4 is 22.8 Å². The summed E-state index contributed by atoms with van der Waals surface area (Å²) in [6.45, 7) is 3.42. The summed E-state index contributed by atoms with van der Waals surface area (Å²) in [6, 6.07) is 10.3. The first-order chi connectivity index (χ1) is 13.4. The minimum atomic E-state index is 0.714. The zero-order valence-electron chi connectivity index (χ0n) is 14.7. The molecule has 1 aliphatic rings. The number of morpholine rings is 1. The SMILES string of the molecule is c1cn2c(-c3ccoc3)cnc2c(Nc2ccc(N3CCOCC3)cc2)n1. The number of imidazole rings is 1. The number of hydrogen-bond acceptors (Lipinski definition) is 6. The topological polar surface area (TPSA) is 67.8 Å². The second-order valence-electron chi connectivity index (χ2n) is 6.40. The molecule has 7 heteroatoms. The average Bonchev–Trinajstić information content (AvgIpc) is 3.39. The summed E-state index contributed by atoms with van der Waals surface area (Å²) >= 11 is 0. The van der Waals surface area contributed by atoms with E-state index >= 15 is 0 Å². The Bertz CT molecular complexity index is 1030. The van der Waals surface area contributed by atoms with E-state index in [4.69, 9.17) is 9.15 Å². The summed E-state index contributed by atoms with van der Waals surface area (Å²) in [7, 11) is 0. The first-order valence-corrected chi connectivity index (χ1v) is 8.93. The minimum Gasteiger partial charge on any atom is -0.472 e. The van der Waals surface area contributed by atoms with Gasteiger partial charge in [-0.05, 0) is 30.3 Å². The number of hydrogen-bond donors (Lipinski definition) is 1. The molecule has 0 atom stereocenters. The van der Waals surface area contributed by atoms with Crippen molar-refractivity contribution in [1.29, 1.82) is 0 Å². The van der Waals surface area contributed by atoms with Crippen LogP contribution in [-0.2, 0) is 4.74 Å². The molecule has 1 fully saturated rings. The van der Waals surface area contributed by atoms with E-state index in [1.165, 1.54) is 5.69 Å². The van der Waals surface area contributed by atoms with Crippen molar-refractivity contribution in [1.82, 2.24) is 14.4 Å². The summed E-state index contributed by atoms with van der Waals surface area (Å²) in [6.07, 6.45) is 8.86. The third-order valence-electron chi connectivity index (χ3n) is 4.75. The summed E-state index contributed by atoms with van der Waals surface area (Å²) in [5.41, 5.74) is 4.89. The number of furan rings is 1. The summed E-state index contributed by atoms with van der Waals surface area (Å²) in [5.74, 6) is 0.714. The van der Waals surface area contributed by atoms with Gasteiger partial charge in [0.2, 0.25) is 0 Å². The van der Waals surface area contributed by atoms with E-state index in [9.17, 15) is 0 Å². The molecule has 0 aliphatic carbocycles. The molecule has 1 aliphatic heterocycles. The highest BCUT2D eigenvalue weighted by Gasteiger charge is 2.13. The van der Waals surface area contributed by atoms with Crippen LogP contribution < -0.4 is 10.2 Å². The number of aromatic nitrogens is 3. The second-order valence-corrected chi connectivity index (χ2v) is 6.40. The van der Waals surface area contributed by atoms with Gasteiger partial charge in [0, 0.05) is 42.4 Å². The van der Waals surface area contributed by atoms with Crippen molar-refractivity contribution in [3.8, 4) is 11.3 Å². The number of ether oxygens (including phenoxy) is 1. The lowest BCUT2D eigenvalue weighted by molar-refractivity contribution is 0.122. The monoisotopic (exact) mass is 361 g/mol. The van der Waals surface area contributed by atoms with Crippen molar-refractivity contribution in [2.24, 2.45) is 0 Å². The molecule has 3 aromatic heterocycles. The van der Waals surface area contributed by atoms with Crippen LogP contribution in [0.15, 0.2) is 65.9 Å². The highest BCUT2D eigenvalue weighted by atomic mass is 16.5. The Balaban J connectivity index is 1.41. The van der Waals surface area contributed by atoms with Gasteiger partial charge < -0.3 is 19.4 Å². The Morgan fingerprint density at radius 3 is 2.63 bits per heavy atom. The van der Waals surface area contributed by atoms with Gasteiger partial charge in [-0.25, -0.2) is 9.97 Å². The van der Waals surface area contributed by atoms with Gasteiger partial charge in [-0.2, -0.15) is 0 Å². The number of anilines is 3. The zero-order chi connectivity index (χ0) is 18.1. The molecule has 0 bridgehead atoms.